The van der Waals surface area contributed by atoms with Crippen molar-refractivity contribution in [2.45, 2.75) is 20.8 Å². The Morgan fingerprint density at radius 2 is 1.35 bits per heavy atom. The predicted molar refractivity (Wildman–Crippen MR) is 110 cm³/mol. The molecule has 0 aliphatic heterocycles. The van der Waals surface area contributed by atoms with E-state index in [1.165, 1.54) is 5.56 Å². The zero-order valence-electron chi connectivity index (χ0n) is 15.3. The van der Waals surface area contributed by atoms with Crippen LogP contribution >= 0.6 is 0 Å². The zero-order valence-corrected chi connectivity index (χ0v) is 15.3. The summed E-state index contributed by atoms with van der Waals surface area (Å²) in [5.74, 6) is 0.928. The lowest BCUT2D eigenvalue weighted by Gasteiger charge is -2.09. The van der Waals surface area contributed by atoms with Crippen molar-refractivity contribution in [2.24, 2.45) is 0 Å². The summed E-state index contributed by atoms with van der Waals surface area (Å²) in [4.78, 5) is 9.82. The Labute approximate surface area is 153 Å². The molecule has 3 aromatic carbocycles. The summed E-state index contributed by atoms with van der Waals surface area (Å²) >= 11 is 0. The maximum atomic E-state index is 4.95. The van der Waals surface area contributed by atoms with Crippen molar-refractivity contribution in [3.63, 3.8) is 0 Å². The van der Waals surface area contributed by atoms with E-state index in [1.807, 2.05) is 44.2 Å². The molecule has 5 rings (SSSR count). The van der Waals surface area contributed by atoms with Gasteiger partial charge in [-0.2, -0.15) is 0 Å². The highest BCUT2D eigenvalue weighted by Crippen LogP contribution is 2.29. The average Bonchev–Trinajstić information content (AvgIpc) is 3.10. The number of imidazole rings is 1. The largest absolute Gasteiger partial charge is 0.276 e. The molecule has 0 saturated carbocycles. The van der Waals surface area contributed by atoms with Crippen molar-refractivity contribution < 1.29 is 0 Å². The summed E-state index contributed by atoms with van der Waals surface area (Å²) in [6.45, 7) is 6.10. The molecule has 0 saturated heterocycles. The molecule has 2 aromatic heterocycles. The van der Waals surface area contributed by atoms with Gasteiger partial charge < -0.3 is 0 Å². The van der Waals surface area contributed by atoms with Gasteiger partial charge in [-0.05, 0) is 31.2 Å². The lowest BCUT2D eigenvalue weighted by atomic mass is 10.1. The van der Waals surface area contributed by atoms with Crippen LogP contribution in [0.25, 0.3) is 39.0 Å². The molecule has 0 bridgehead atoms. The van der Waals surface area contributed by atoms with Crippen LogP contribution in [-0.2, 0) is 0 Å². The van der Waals surface area contributed by atoms with Crippen LogP contribution < -0.4 is 0 Å². The molecule has 5 aromatic rings. The van der Waals surface area contributed by atoms with Gasteiger partial charge in [0, 0.05) is 10.9 Å². The first-order chi connectivity index (χ1) is 12.8. The second-order valence-electron chi connectivity index (χ2n) is 6.08. The van der Waals surface area contributed by atoms with E-state index in [0.29, 0.717) is 0 Å². The molecule has 0 fully saturated rings. The summed E-state index contributed by atoms with van der Waals surface area (Å²) < 4.78 is 2.17. The molecule has 0 aliphatic rings. The number of hydrogen-bond donors (Lipinski definition) is 0. The van der Waals surface area contributed by atoms with E-state index in [4.69, 9.17) is 9.97 Å². The minimum Gasteiger partial charge on any atom is -0.276 e. The van der Waals surface area contributed by atoms with E-state index in [0.717, 1.165) is 39.0 Å². The summed E-state index contributed by atoms with van der Waals surface area (Å²) in [5.41, 5.74) is 6.34. The number of hydrogen-bond acceptors (Lipinski definition) is 2. The molecule has 128 valence electrons. The molecule has 3 heteroatoms. The molecule has 0 radical (unpaired) electrons. The lowest BCUT2D eigenvalue weighted by Crippen LogP contribution is -1.97. The Morgan fingerprint density at radius 1 is 0.692 bits per heavy atom. The first-order valence-corrected chi connectivity index (χ1v) is 9.04. The van der Waals surface area contributed by atoms with E-state index < -0.39 is 0 Å². The fourth-order valence-electron chi connectivity index (χ4n) is 3.24. The maximum Gasteiger partial charge on any atom is 0.149 e. The van der Waals surface area contributed by atoms with Crippen LogP contribution in [0.1, 0.15) is 19.4 Å². The van der Waals surface area contributed by atoms with Crippen molar-refractivity contribution in [3.8, 4) is 11.4 Å². The van der Waals surface area contributed by atoms with Gasteiger partial charge in [0.2, 0.25) is 0 Å². The van der Waals surface area contributed by atoms with Gasteiger partial charge in [-0.15, -0.1) is 0 Å². The molecular weight excluding hydrogens is 318 g/mol. The normalized spacial score (nSPS) is 10.9. The van der Waals surface area contributed by atoms with Gasteiger partial charge in [-0.1, -0.05) is 67.9 Å². The minimum absolute atomic E-state index is 0.928. The van der Waals surface area contributed by atoms with Gasteiger partial charge in [0.25, 0.3) is 0 Å². The van der Waals surface area contributed by atoms with Gasteiger partial charge in [0.05, 0.1) is 16.6 Å². The third-order valence-electron chi connectivity index (χ3n) is 4.45. The van der Waals surface area contributed by atoms with E-state index in [2.05, 4.69) is 53.8 Å². The second-order valence-corrected chi connectivity index (χ2v) is 6.08. The third-order valence-corrected chi connectivity index (χ3v) is 4.45. The Bertz CT molecular complexity index is 1200. The fourth-order valence-corrected chi connectivity index (χ4v) is 3.24. The topological polar surface area (TPSA) is 30.2 Å². The van der Waals surface area contributed by atoms with Gasteiger partial charge in [0.1, 0.15) is 11.5 Å². The molecular formula is C23H21N3. The van der Waals surface area contributed by atoms with Crippen LogP contribution in [0.15, 0.2) is 72.8 Å². The van der Waals surface area contributed by atoms with Gasteiger partial charge in [0.15, 0.2) is 0 Å². The van der Waals surface area contributed by atoms with E-state index in [-0.39, 0.29) is 0 Å². The molecule has 2 heterocycles. The molecule has 0 spiro atoms. The molecule has 0 aliphatic carbocycles. The Morgan fingerprint density at radius 3 is 2.12 bits per heavy atom. The molecule has 0 N–H and O–H groups in total. The highest BCUT2D eigenvalue weighted by Gasteiger charge is 2.14. The lowest BCUT2D eigenvalue weighted by molar-refractivity contribution is 1.16. The Kier molecular flexibility index (Phi) is 4.13. The first-order valence-electron chi connectivity index (χ1n) is 9.04. The quantitative estimate of drug-likeness (QED) is 0.373. The van der Waals surface area contributed by atoms with Crippen LogP contribution in [-0.4, -0.2) is 14.4 Å². The smallest absolute Gasteiger partial charge is 0.149 e. The highest BCUT2D eigenvalue weighted by atomic mass is 15.1. The summed E-state index contributed by atoms with van der Waals surface area (Å²) in [6, 6.07) is 24.9. The molecule has 0 unspecified atom stereocenters. The average molecular weight is 339 g/mol. The van der Waals surface area contributed by atoms with Crippen LogP contribution in [0.2, 0.25) is 0 Å². The van der Waals surface area contributed by atoms with Gasteiger partial charge in [-0.25, -0.2) is 9.97 Å². The monoisotopic (exact) mass is 339 g/mol. The van der Waals surface area contributed by atoms with Crippen LogP contribution in [0, 0.1) is 6.92 Å². The van der Waals surface area contributed by atoms with Crippen molar-refractivity contribution in [3.05, 3.63) is 78.4 Å². The van der Waals surface area contributed by atoms with Crippen molar-refractivity contribution >= 4 is 27.6 Å². The number of benzene rings is 3. The fraction of sp³-hybridized carbons (Fsp3) is 0.130. The zero-order chi connectivity index (χ0) is 18.1. The van der Waals surface area contributed by atoms with Gasteiger partial charge in [-0.3, -0.25) is 4.40 Å². The SMILES string of the molecule is CC.Cc1ccc(-c2nc3ccccc3c3nc4ccccc4n23)cc1. The number of nitrogens with zero attached hydrogens (tertiary/aromatic N) is 3. The summed E-state index contributed by atoms with van der Waals surface area (Å²) in [6.07, 6.45) is 0. The number of para-hydroxylation sites is 3. The first kappa shape index (κ1) is 16.3. The van der Waals surface area contributed by atoms with Crippen LogP contribution in [0.3, 0.4) is 0 Å². The molecule has 0 atom stereocenters. The van der Waals surface area contributed by atoms with E-state index in [1.54, 1.807) is 0 Å². The minimum atomic E-state index is 0.928. The number of rotatable bonds is 1. The van der Waals surface area contributed by atoms with E-state index >= 15 is 0 Å². The third kappa shape index (κ3) is 2.53. The molecule has 3 nitrogen and oxygen atoms in total. The highest BCUT2D eigenvalue weighted by molar-refractivity contribution is 5.98. The summed E-state index contributed by atoms with van der Waals surface area (Å²) in [7, 11) is 0. The molecule has 26 heavy (non-hydrogen) atoms. The van der Waals surface area contributed by atoms with E-state index in [9.17, 15) is 0 Å². The predicted octanol–water partition coefficient (Wildman–Crippen LogP) is 6.04. The maximum absolute atomic E-state index is 4.95. The summed E-state index contributed by atoms with van der Waals surface area (Å²) in [5, 5.41) is 1.07. The number of fused-ring (bicyclic) bond motifs is 5. The standard InChI is InChI=1S/C21H15N3.C2H6/c1-14-10-12-15(13-11-14)20-22-17-7-3-2-6-16(17)21-23-18-8-4-5-9-19(18)24(20)21;1-2/h2-13H,1H3;1-2H3. The number of aromatic nitrogens is 3. The Hall–Kier alpha value is -3.20. The van der Waals surface area contributed by atoms with Crippen molar-refractivity contribution in [1.82, 2.24) is 14.4 Å². The van der Waals surface area contributed by atoms with Gasteiger partial charge >= 0.3 is 0 Å². The molecule has 0 amide bonds. The Balaban J connectivity index is 0.000000814. The van der Waals surface area contributed by atoms with Crippen LogP contribution in [0.5, 0.6) is 0 Å². The van der Waals surface area contributed by atoms with Crippen molar-refractivity contribution in [2.75, 3.05) is 0 Å². The second kappa shape index (κ2) is 6.60. The van der Waals surface area contributed by atoms with Crippen molar-refractivity contribution in [1.29, 1.82) is 0 Å². The number of aryl methyl sites for hydroxylation is 1. The van der Waals surface area contributed by atoms with Crippen LogP contribution in [0.4, 0.5) is 0 Å².